The molecule has 4 heteroatoms. The number of hydrogen-bond donors (Lipinski definition) is 0. The van der Waals surface area contributed by atoms with Gasteiger partial charge >= 0.3 is 0 Å². The maximum atomic E-state index is 11.4. The van der Waals surface area contributed by atoms with Crippen LogP contribution in [-0.4, -0.2) is 23.8 Å². The number of halogens is 1. The van der Waals surface area contributed by atoms with Crippen molar-refractivity contribution in [3.05, 3.63) is 23.8 Å². The minimum Gasteiger partial charge on any atom is -0.486 e. The maximum Gasteiger partial charge on any atom is 0.173 e. The molecule has 1 aromatic carbocycles. The van der Waals surface area contributed by atoms with Gasteiger partial charge in [-0.3, -0.25) is 4.79 Å². The summed E-state index contributed by atoms with van der Waals surface area (Å²) in [6.45, 7) is 2.47. The second-order valence-electron chi connectivity index (χ2n) is 3.46. The molecule has 15 heavy (non-hydrogen) atoms. The maximum absolute atomic E-state index is 11.4. The Morgan fingerprint density at radius 3 is 3.07 bits per heavy atom. The number of fused-ring (bicyclic) bond motifs is 1. The number of carbonyl (C=O) groups is 1. The van der Waals surface area contributed by atoms with E-state index in [1.54, 1.807) is 18.2 Å². The highest BCUT2D eigenvalue weighted by molar-refractivity contribution is 9.09. The van der Waals surface area contributed by atoms with E-state index in [4.69, 9.17) is 9.47 Å². The van der Waals surface area contributed by atoms with Crippen molar-refractivity contribution in [1.29, 1.82) is 0 Å². The minimum absolute atomic E-state index is 0.0417. The average Bonchev–Trinajstić information content (AvgIpc) is 2.27. The van der Waals surface area contributed by atoms with Gasteiger partial charge in [0.05, 0.1) is 5.33 Å². The van der Waals surface area contributed by atoms with Crippen molar-refractivity contribution in [3.63, 3.8) is 0 Å². The van der Waals surface area contributed by atoms with Crippen LogP contribution in [0.4, 0.5) is 0 Å². The van der Waals surface area contributed by atoms with Crippen LogP contribution >= 0.6 is 15.9 Å². The first-order chi connectivity index (χ1) is 7.20. The second kappa shape index (κ2) is 4.23. The van der Waals surface area contributed by atoms with Crippen LogP contribution in [-0.2, 0) is 0 Å². The monoisotopic (exact) mass is 270 g/mol. The van der Waals surface area contributed by atoms with E-state index >= 15 is 0 Å². The van der Waals surface area contributed by atoms with Gasteiger partial charge in [0.15, 0.2) is 17.3 Å². The van der Waals surface area contributed by atoms with Crippen LogP contribution < -0.4 is 9.47 Å². The molecule has 1 aromatic rings. The first-order valence-electron chi connectivity index (χ1n) is 4.73. The molecule has 1 aliphatic rings. The van der Waals surface area contributed by atoms with E-state index in [0.717, 1.165) is 0 Å². The van der Waals surface area contributed by atoms with Crippen molar-refractivity contribution in [2.45, 2.75) is 13.0 Å². The summed E-state index contributed by atoms with van der Waals surface area (Å²) in [5, 5.41) is 0.322. The summed E-state index contributed by atoms with van der Waals surface area (Å²) >= 11 is 3.14. The average molecular weight is 271 g/mol. The Kier molecular flexibility index (Phi) is 2.95. The molecule has 1 atom stereocenters. The Morgan fingerprint density at radius 2 is 2.33 bits per heavy atom. The van der Waals surface area contributed by atoms with Crippen molar-refractivity contribution in [2.75, 3.05) is 11.9 Å². The lowest BCUT2D eigenvalue weighted by atomic mass is 10.1. The summed E-state index contributed by atoms with van der Waals surface area (Å²) in [5.74, 6) is 1.40. The van der Waals surface area contributed by atoms with Crippen LogP contribution in [0.2, 0.25) is 0 Å². The molecule has 3 nitrogen and oxygen atoms in total. The minimum atomic E-state index is 0.0417. The van der Waals surface area contributed by atoms with Crippen LogP contribution in [0.3, 0.4) is 0 Å². The Balaban J connectivity index is 2.30. The zero-order valence-corrected chi connectivity index (χ0v) is 9.91. The zero-order valence-electron chi connectivity index (χ0n) is 8.33. The molecular formula is C11H11BrO3. The molecule has 1 heterocycles. The fourth-order valence-corrected chi connectivity index (χ4v) is 1.75. The lowest BCUT2D eigenvalue weighted by molar-refractivity contribution is 0.100. The predicted molar refractivity (Wildman–Crippen MR) is 60.2 cm³/mol. The second-order valence-corrected chi connectivity index (χ2v) is 4.02. The Labute approximate surface area is 96.5 Å². The number of benzene rings is 1. The van der Waals surface area contributed by atoms with E-state index in [-0.39, 0.29) is 11.9 Å². The van der Waals surface area contributed by atoms with E-state index in [2.05, 4.69) is 15.9 Å². The predicted octanol–water partition coefficient (Wildman–Crippen LogP) is 2.42. The molecule has 0 amide bonds. The molecule has 0 N–H and O–H groups in total. The molecule has 0 aliphatic carbocycles. The molecule has 2 rings (SSSR count). The van der Waals surface area contributed by atoms with E-state index in [0.29, 0.717) is 29.0 Å². The normalized spacial score (nSPS) is 18.7. The lowest BCUT2D eigenvalue weighted by Gasteiger charge is -2.24. The van der Waals surface area contributed by atoms with Crippen molar-refractivity contribution in [2.24, 2.45) is 0 Å². The van der Waals surface area contributed by atoms with Crippen LogP contribution in [0.5, 0.6) is 11.5 Å². The van der Waals surface area contributed by atoms with Crippen molar-refractivity contribution in [3.8, 4) is 11.5 Å². The van der Waals surface area contributed by atoms with Gasteiger partial charge in [-0.05, 0) is 25.1 Å². The molecule has 80 valence electrons. The molecule has 0 spiro atoms. The lowest BCUT2D eigenvalue weighted by Crippen LogP contribution is -2.25. The molecule has 1 aliphatic heterocycles. The summed E-state index contributed by atoms with van der Waals surface area (Å²) in [6, 6.07) is 5.26. The molecule has 0 saturated carbocycles. The molecule has 0 fully saturated rings. The summed E-state index contributed by atoms with van der Waals surface area (Å²) in [6.07, 6.45) is 0.0650. The van der Waals surface area contributed by atoms with E-state index in [9.17, 15) is 4.79 Å². The number of carbonyl (C=O) groups excluding carboxylic acids is 1. The van der Waals surface area contributed by atoms with Gasteiger partial charge in [0, 0.05) is 5.56 Å². The Morgan fingerprint density at radius 1 is 1.53 bits per heavy atom. The highest BCUT2D eigenvalue weighted by Gasteiger charge is 2.18. The zero-order chi connectivity index (χ0) is 10.8. The van der Waals surface area contributed by atoms with E-state index < -0.39 is 0 Å². The van der Waals surface area contributed by atoms with Crippen molar-refractivity contribution in [1.82, 2.24) is 0 Å². The summed E-state index contributed by atoms with van der Waals surface area (Å²) < 4.78 is 11.0. The van der Waals surface area contributed by atoms with Crippen molar-refractivity contribution < 1.29 is 14.3 Å². The highest BCUT2D eigenvalue weighted by atomic mass is 79.9. The van der Waals surface area contributed by atoms with Gasteiger partial charge in [-0.2, -0.15) is 0 Å². The fraction of sp³-hybridized carbons (Fsp3) is 0.364. The Hall–Kier alpha value is -1.03. The fourth-order valence-electron chi connectivity index (χ4n) is 1.43. The van der Waals surface area contributed by atoms with E-state index in [1.165, 1.54) is 0 Å². The largest absolute Gasteiger partial charge is 0.486 e. The van der Waals surface area contributed by atoms with Crippen molar-refractivity contribution >= 4 is 21.7 Å². The number of hydrogen-bond acceptors (Lipinski definition) is 3. The van der Waals surface area contributed by atoms with E-state index in [1.807, 2.05) is 6.92 Å². The first-order valence-corrected chi connectivity index (χ1v) is 5.85. The third-order valence-corrected chi connectivity index (χ3v) is 2.70. The third kappa shape index (κ3) is 2.15. The van der Waals surface area contributed by atoms with Gasteiger partial charge in [0.1, 0.15) is 12.7 Å². The topological polar surface area (TPSA) is 35.5 Å². The highest BCUT2D eigenvalue weighted by Crippen LogP contribution is 2.32. The first kappa shape index (κ1) is 10.5. The summed E-state index contributed by atoms with van der Waals surface area (Å²) in [4.78, 5) is 11.4. The molecular weight excluding hydrogens is 260 g/mol. The number of rotatable bonds is 2. The van der Waals surface area contributed by atoms with Gasteiger partial charge in [-0.1, -0.05) is 15.9 Å². The molecule has 0 radical (unpaired) electrons. The number of ether oxygens (including phenoxy) is 2. The smallest absolute Gasteiger partial charge is 0.173 e. The number of Topliss-reactive ketones (excluding diaryl/α,β-unsaturated/α-hetero) is 1. The van der Waals surface area contributed by atoms with Crippen LogP contribution in [0.15, 0.2) is 18.2 Å². The standard InChI is InChI=1S/C11H11BrO3/c1-7-6-14-11-4-8(9(13)5-12)2-3-10(11)15-7/h2-4,7H,5-6H2,1H3. The molecule has 1 unspecified atom stereocenters. The molecule has 0 saturated heterocycles. The quantitative estimate of drug-likeness (QED) is 0.612. The summed E-state index contributed by atoms with van der Waals surface area (Å²) in [7, 11) is 0. The van der Waals surface area contributed by atoms with Gasteiger partial charge in [-0.15, -0.1) is 0 Å². The molecule has 0 aromatic heterocycles. The number of alkyl halides is 1. The SMILES string of the molecule is CC1COc2cc(C(=O)CBr)ccc2O1. The van der Waals surface area contributed by atoms with Crippen LogP contribution in [0.1, 0.15) is 17.3 Å². The number of ketones is 1. The van der Waals surface area contributed by atoms with Gasteiger partial charge in [0.25, 0.3) is 0 Å². The third-order valence-electron chi connectivity index (χ3n) is 2.19. The summed E-state index contributed by atoms with van der Waals surface area (Å²) in [5.41, 5.74) is 0.642. The molecule has 0 bridgehead atoms. The van der Waals surface area contributed by atoms with Gasteiger partial charge in [-0.25, -0.2) is 0 Å². The van der Waals surface area contributed by atoms with Crippen LogP contribution in [0.25, 0.3) is 0 Å². The van der Waals surface area contributed by atoms with Crippen LogP contribution in [0, 0.1) is 0 Å². The Bertz CT molecular complexity index is 389. The van der Waals surface area contributed by atoms with Gasteiger partial charge in [0.2, 0.25) is 0 Å². The van der Waals surface area contributed by atoms with Gasteiger partial charge < -0.3 is 9.47 Å².